The number of carbonyl (C=O) groups excluding carboxylic acids is 1. The van der Waals surface area contributed by atoms with Gasteiger partial charge in [0.1, 0.15) is 11.5 Å². The first-order chi connectivity index (χ1) is 13.6. The van der Waals surface area contributed by atoms with E-state index in [0.717, 1.165) is 30.8 Å². The molecule has 0 saturated heterocycles. The molecule has 160 valence electrons. The molecule has 2 atom stereocenters. The Balaban J connectivity index is 2.17. The van der Waals surface area contributed by atoms with E-state index >= 15 is 0 Å². The first kappa shape index (κ1) is 23.0. The molecule has 0 aromatic carbocycles. The van der Waals surface area contributed by atoms with E-state index < -0.39 is 0 Å². The average molecular weight is 391 g/mol. The van der Waals surface area contributed by atoms with Gasteiger partial charge in [0.2, 0.25) is 0 Å². The van der Waals surface area contributed by atoms with Crippen molar-refractivity contribution in [2.45, 2.75) is 104 Å². The maximum Gasteiger partial charge on any atom is 0.298 e. The zero-order valence-corrected chi connectivity index (χ0v) is 18.4. The van der Waals surface area contributed by atoms with Crippen molar-refractivity contribution in [3.8, 4) is 0 Å². The topological polar surface area (TPSA) is 46.5 Å². The minimum atomic E-state index is 0.206. The Hall–Kier alpha value is -1.25. The molecule has 0 aliphatic heterocycles. The summed E-state index contributed by atoms with van der Waals surface area (Å²) in [5, 5.41) is 10.9. The Kier molecular flexibility index (Phi) is 10.2. The van der Waals surface area contributed by atoms with Crippen molar-refractivity contribution in [3.63, 3.8) is 0 Å². The van der Waals surface area contributed by atoms with Crippen molar-refractivity contribution in [1.82, 2.24) is 0 Å². The van der Waals surface area contributed by atoms with Gasteiger partial charge in [-0.15, -0.1) is 0 Å². The molecule has 0 aromatic rings. The van der Waals surface area contributed by atoms with Gasteiger partial charge < -0.3 is 9.84 Å². The molecule has 2 saturated carbocycles. The normalized spacial score (nSPS) is 23.0. The second-order valence-electron chi connectivity index (χ2n) is 9.09. The number of carbonyl (C=O) groups is 1. The number of hydrogen-bond acceptors (Lipinski definition) is 3. The van der Waals surface area contributed by atoms with E-state index in [9.17, 15) is 9.90 Å². The molecular formula is C25H42O3. The average Bonchev–Trinajstić information content (AvgIpc) is 2.73. The highest BCUT2D eigenvalue weighted by atomic mass is 16.5. The Labute approximate surface area is 172 Å². The first-order valence-electron chi connectivity index (χ1n) is 11.8. The highest BCUT2D eigenvalue weighted by Crippen LogP contribution is 2.37. The summed E-state index contributed by atoms with van der Waals surface area (Å²) >= 11 is 0. The van der Waals surface area contributed by atoms with E-state index in [1.165, 1.54) is 64.2 Å². The molecule has 2 rings (SSSR count). The number of rotatable bonds is 10. The zero-order valence-electron chi connectivity index (χ0n) is 18.4. The van der Waals surface area contributed by atoms with Crippen LogP contribution in [0.1, 0.15) is 104 Å². The standard InChI is InChI=1S/C25H42O3/c1-4-21(16-20-12-8-6-9-13-20)25(28-18-26)17-24(27)19(3)23(5-2)22-14-10-7-11-15-22/h17-18,20-23,27H,4-16H2,1-3H3/b24-19-,25-17-/t21?,23-/m0/s1. The maximum atomic E-state index is 11.2. The Bertz CT molecular complexity index is 522. The predicted octanol–water partition coefficient (Wildman–Crippen LogP) is 7.48. The Morgan fingerprint density at radius 2 is 1.61 bits per heavy atom. The molecule has 0 heterocycles. The van der Waals surface area contributed by atoms with E-state index in [2.05, 4.69) is 20.8 Å². The van der Waals surface area contributed by atoms with Gasteiger partial charge in [0.15, 0.2) is 0 Å². The molecule has 0 spiro atoms. The van der Waals surface area contributed by atoms with E-state index in [0.29, 0.717) is 29.8 Å². The lowest BCUT2D eigenvalue weighted by Crippen LogP contribution is -2.19. The number of aliphatic hydroxyl groups is 1. The summed E-state index contributed by atoms with van der Waals surface area (Å²) in [6.45, 7) is 6.96. The second kappa shape index (κ2) is 12.3. The monoisotopic (exact) mass is 390 g/mol. The van der Waals surface area contributed by atoms with Crippen LogP contribution in [0.15, 0.2) is 23.2 Å². The molecule has 3 heteroatoms. The summed E-state index contributed by atoms with van der Waals surface area (Å²) in [6.07, 6.45) is 17.9. The molecule has 2 aliphatic carbocycles. The van der Waals surface area contributed by atoms with Crippen molar-refractivity contribution in [1.29, 1.82) is 0 Å². The predicted molar refractivity (Wildman–Crippen MR) is 116 cm³/mol. The highest BCUT2D eigenvalue weighted by molar-refractivity contribution is 5.41. The maximum absolute atomic E-state index is 11.2. The van der Waals surface area contributed by atoms with Gasteiger partial charge in [0, 0.05) is 12.0 Å². The van der Waals surface area contributed by atoms with Gasteiger partial charge in [0.05, 0.1) is 0 Å². The third-order valence-electron chi connectivity index (χ3n) is 7.32. The molecule has 0 aromatic heterocycles. The smallest absolute Gasteiger partial charge is 0.298 e. The molecular weight excluding hydrogens is 348 g/mol. The van der Waals surface area contributed by atoms with Gasteiger partial charge in [-0.3, -0.25) is 4.79 Å². The summed E-state index contributed by atoms with van der Waals surface area (Å²) in [5.74, 6) is 2.99. The molecule has 0 radical (unpaired) electrons. The molecule has 0 amide bonds. The van der Waals surface area contributed by atoms with Crippen LogP contribution in [0.2, 0.25) is 0 Å². The van der Waals surface area contributed by atoms with E-state index in [1.54, 1.807) is 6.08 Å². The zero-order chi connectivity index (χ0) is 20.4. The van der Waals surface area contributed by atoms with Crippen LogP contribution in [0, 0.1) is 23.7 Å². The van der Waals surface area contributed by atoms with Crippen LogP contribution in [0.25, 0.3) is 0 Å². The van der Waals surface area contributed by atoms with Crippen molar-refractivity contribution in [3.05, 3.63) is 23.2 Å². The molecule has 2 fully saturated rings. The highest BCUT2D eigenvalue weighted by Gasteiger charge is 2.26. The minimum absolute atomic E-state index is 0.206. The summed E-state index contributed by atoms with van der Waals surface area (Å²) in [4.78, 5) is 11.2. The summed E-state index contributed by atoms with van der Waals surface area (Å²) in [6, 6.07) is 0. The van der Waals surface area contributed by atoms with E-state index in [-0.39, 0.29) is 5.92 Å². The Morgan fingerprint density at radius 1 is 1.00 bits per heavy atom. The Morgan fingerprint density at radius 3 is 2.14 bits per heavy atom. The SMILES string of the molecule is CCC(CC1CCCCC1)/C(=C/C(O)=C(\C)[C@H](CC)C1CCCCC1)OC=O. The fourth-order valence-electron chi connectivity index (χ4n) is 5.58. The van der Waals surface area contributed by atoms with Gasteiger partial charge >= 0.3 is 0 Å². The van der Waals surface area contributed by atoms with Crippen LogP contribution in [0.3, 0.4) is 0 Å². The van der Waals surface area contributed by atoms with Crippen LogP contribution < -0.4 is 0 Å². The number of aliphatic hydroxyl groups excluding tert-OH is 1. The lowest BCUT2D eigenvalue weighted by Gasteiger charge is -2.30. The molecule has 0 bridgehead atoms. The third-order valence-corrected chi connectivity index (χ3v) is 7.32. The molecule has 1 N–H and O–H groups in total. The van der Waals surface area contributed by atoms with Crippen molar-refractivity contribution in [2.24, 2.45) is 23.7 Å². The van der Waals surface area contributed by atoms with Gasteiger partial charge in [-0.2, -0.15) is 0 Å². The van der Waals surface area contributed by atoms with Crippen molar-refractivity contribution in [2.75, 3.05) is 0 Å². The van der Waals surface area contributed by atoms with Gasteiger partial charge in [-0.1, -0.05) is 65.2 Å². The second-order valence-corrected chi connectivity index (χ2v) is 9.09. The lowest BCUT2D eigenvalue weighted by atomic mass is 9.75. The molecule has 1 unspecified atom stereocenters. The van der Waals surface area contributed by atoms with Gasteiger partial charge in [0.25, 0.3) is 6.47 Å². The summed E-state index contributed by atoms with van der Waals surface area (Å²) in [5.41, 5.74) is 1.06. The fourth-order valence-corrected chi connectivity index (χ4v) is 5.58. The fraction of sp³-hybridized carbons (Fsp3) is 0.800. The summed E-state index contributed by atoms with van der Waals surface area (Å²) < 4.78 is 5.40. The number of allylic oxidation sites excluding steroid dienone is 3. The van der Waals surface area contributed by atoms with Crippen molar-refractivity contribution >= 4 is 6.47 Å². The van der Waals surface area contributed by atoms with Crippen LogP contribution in [0.4, 0.5) is 0 Å². The van der Waals surface area contributed by atoms with Gasteiger partial charge in [-0.05, 0) is 62.4 Å². The van der Waals surface area contributed by atoms with Gasteiger partial charge in [-0.25, -0.2) is 0 Å². The third kappa shape index (κ3) is 6.67. The molecule has 2 aliphatic rings. The van der Waals surface area contributed by atoms with E-state index in [4.69, 9.17) is 4.74 Å². The first-order valence-corrected chi connectivity index (χ1v) is 11.8. The lowest BCUT2D eigenvalue weighted by molar-refractivity contribution is -0.126. The van der Waals surface area contributed by atoms with Crippen molar-refractivity contribution < 1.29 is 14.6 Å². The van der Waals surface area contributed by atoms with Crippen LogP contribution >= 0.6 is 0 Å². The molecule has 3 nitrogen and oxygen atoms in total. The van der Waals surface area contributed by atoms with E-state index in [1.807, 2.05) is 0 Å². The minimum Gasteiger partial charge on any atom is -0.508 e. The van der Waals surface area contributed by atoms with Crippen LogP contribution in [-0.2, 0) is 9.53 Å². The largest absolute Gasteiger partial charge is 0.508 e. The molecule has 28 heavy (non-hydrogen) atoms. The number of ether oxygens (including phenoxy) is 1. The summed E-state index contributed by atoms with van der Waals surface area (Å²) in [7, 11) is 0. The van der Waals surface area contributed by atoms with Crippen LogP contribution in [-0.4, -0.2) is 11.6 Å². The number of hydrogen-bond donors (Lipinski definition) is 1. The quantitative estimate of drug-likeness (QED) is 0.239. The van der Waals surface area contributed by atoms with Crippen LogP contribution in [0.5, 0.6) is 0 Å².